The van der Waals surface area contributed by atoms with Crippen LogP contribution in [0.4, 0.5) is 0 Å². The Morgan fingerprint density at radius 3 is 3.05 bits per heavy atom. The number of carbonyl (C=O) groups excluding carboxylic acids is 1. The van der Waals surface area contributed by atoms with Crippen LogP contribution in [0, 0.1) is 11.3 Å². The predicted octanol–water partition coefficient (Wildman–Crippen LogP) is -0.333. The molecule has 2 atom stereocenters. The third-order valence-corrected chi connectivity index (χ3v) is 3.30. The van der Waals surface area contributed by atoms with E-state index in [1.54, 1.807) is 11.9 Å². The maximum Gasteiger partial charge on any atom is 0.239 e. The molecule has 0 spiro atoms. The van der Waals surface area contributed by atoms with Crippen LogP contribution in [-0.4, -0.2) is 74.7 Å². The van der Waals surface area contributed by atoms with Crippen LogP contribution >= 0.6 is 0 Å². The van der Waals surface area contributed by atoms with Gasteiger partial charge in [0.1, 0.15) is 0 Å². The minimum Gasteiger partial charge on any atom is -0.374 e. The molecule has 1 aliphatic heterocycles. The molecule has 108 valence electrons. The maximum absolute atomic E-state index is 12.0. The quantitative estimate of drug-likeness (QED) is 0.714. The zero-order valence-corrected chi connectivity index (χ0v) is 12.1. The Balaban J connectivity index is 2.28. The molecule has 1 aliphatic rings. The number of likely N-dealkylation sites (N-methyl/N-ethyl adjacent to an activating group) is 2. The maximum atomic E-state index is 12.0. The SMILES string of the molecule is C[C@H](NC[C@@H]1CN(C)CCO1)C(=O)N(C)CCC#N. The fourth-order valence-corrected chi connectivity index (χ4v) is 2.04. The highest BCUT2D eigenvalue weighted by atomic mass is 16.5. The van der Waals surface area contributed by atoms with E-state index in [1.807, 2.05) is 13.0 Å². The number of morpholine rings is 1. The van der Waals surface area contributed by atoms with E-state index in [4.69, 9.17) is 10.00 Å². The normalized spacial score (nSPS) is 21.7. The lowest BCUT2D eigenvalue weighted by atomic mass is 10.2. The van der Waals surface area contributed by atoms with E-state index in [9.17, 15) is 4.79 Å². The van der Waals surface area contributed by atoms with Gasteiger partial charge in [-0.15, -0.1) is 0 Å². The molecule has 0 radical (unpaired) electrons. The van der Waals surface area contributed by atoms with Gasteiger partial charge in [0.15, 0.2) is 0 Å². The van der Waals surface area contributed by atoms with Gasteiger partial charge < -0.3 is 19.9 Å². The summed E-state index contributed by atoms with van der Waals surface area (Å²) in [5.74, 6) is 0.0133. The van der Waals surface area contributed by atoms with E-state index in [0.29, 0.717) is 19.5 Å². The van der Waals surface area contributed by atoms with Crippen molar-refractivity contribution < 1.29 is 9.53 Å². The van der Waals surface area contributed by atoms with E-state index in [0.717, 1.165) is 19.7 Å². The summed E-state index contributed by atoms with van der Waals surface area (Å²) in [6, 6.07) is 1.79. The molecule has 1 saturated heterocycles. The minimum absolute atomic E-state index is 0.0133. The molecule has 6 nitrogen and oxygen atoms in total. The van der Waals surface area contributed by atoms with E-state index < -0.39 is 0 Å². The summed E-state index contributed by atoms with van der Waals surface area (Å²) < 4.78 is 5.63. The first-order chi connectivity index (χ1) is 9.04. The van der Waals surface area contributed by atoms with Gasteiger partial charge in [-0.3, -0.25) is 4.79 Å². The van der Waals surface area contributed by atoms with Crippen molar-refractivity contribution in [1.82, 2.24) is 15.1 Å². The molecular weight excluding hydrogens is 244 g/mol. The Hall–Kier alpha value is -1.16. The fraction of sp³-hybridized carbons (Fsp3) is 0.846. The number of hydrogen-bond donors (Lipinski definition) is 1. The predicted molar refractivity (Wildman–Crippen MR) is 72.6 cm³/mol. The third kappa shape index (κ3) is 5.55. The van der Waals surface area contributed by atoms with Crippen LogP contribution in [0.15, 0.2) is 0 Å². The zero-order chi connectivity index (χ0) is 14.3. The second-order valence-electron chi connectivity index (χ2n) is 5.05. The lowest BCUT2D eigenvalue weighted by Crippen LogP contribution is -2.50. The first-order valence-electron chi connectivity index (χ1n) is 6.70. The summed E-state index contributed by atoms with van der Waals surface area (Å²) in [5.41, 5.74) is 0. The Morgan fingerprint density at radius 1 is 1.68 bits per heavy atom. The molecule has 1 heterocycles. The topological polar surface area (TPSA) is 68.6 Å². The largest absolute Gasteiger partial charge is 0.374 e. The van der Waals surface area contributed by atoms with E-state index in [1.165, 1.54) is 0 Å². The van der Waals surface area contributed by atoms with Crippen LogP contribution in [0.1, 0.15) is 13.3 Å². The fourth-order valence-electron chi connectivity index (χ4n) is 2.04. The van der Waals surface area contributed by atoms with E-state index in [2.05, 4.69) is 17.3 Å². The lowest BCUT2D eigenvalue weighted by molar-refractivity contribution is -0.131. The molecule has 19 heavy (non-hydrogen) atoms. The lowest BCUT2D eigenvalue weighted by Gasteiger charge is -2.31. The van der Waals surface area contributed by atoms with Crippen molar-refractivity contribution in [1.29, 1.82) is 5.26 Å². The summed E-state index contributed by atoms with van der Waals surface area (Å²) in [5, 5.41) is 11.7. The summed E-state index contributed by atoms with van der Waals surface area (Å²) in [6.45, 7) is 5.58. The molecular formula is C13H24N4O2. The first kappa shape index (κ1) is 15.9. The van der Waals surface area contributed by atoms with Crippen LogP contribution in [0.3, 0.4) is 0 Å². The highest BCUT2D eigenvalue weighted by Crippen LogP contribution is 2.02. The number of amides is 1. The van der Waals surface area contributed by atoms with Gasteiger partial charge in [0.25, 0.3) is 0 Å². The summed E-state index contributed by atoms with van der Waals surface area (Å²) >= 11 is 0. The van der Waals surface area contributed by atoms with E-state index >= 15 is 0 Å². The molecule has 0 saturated carbocycles. The molecule has 1 rings (SSSR count). The average Bonchev–Trinajstić information content (AvgIpc) is 2.41. The number of hydrogen-bond acceptors (Lipinski definition) is 5. The van der Waals surface area contributed by atoms with Gasteiger partial charge in [-0.1, -0.05) is 0 Å². The Kier molecular flexibility index (Phi) is 6.78. The van der Waals surface area contributed by atoms with Gasteiger partial charge in [-0.05, 0) is 14.0 Å². The smallest absolute Gasteiger partial charge is 0.239 e. The molecule has 0 aromatic rings. The molecule has 6 heteroatoms. The Bertz CT molecular complexity index is 329. The minimum atomic E-state index is -0.250. The van der Waals surface area contributed by atoms with Crippen LogP contribution < -0.4 is 5.32 Å². The molecule has 0 unspecified atom stereocenters. The highest BCUT2D eigenvalue weighted by Gasteiger charge is 2.21. The Labute approximate surface area is 115 Å². The molecule has 0 aromatic heterocycles. The summed E-state index contributed by atoms with van der Waals surface area (Å²) in [6.07, 6.45) is 0.504. The van der Waals surface area contributed by atoms with Gasteiger partial charge in [0.05, 0.1) is 31.2 Å². The van der Waals surface area contributed by atoms with Gasteiger partial charge in [-0.2, -0.15) is 5.26 Å². The van der Waals surface area contributed by atoms with Crippen molar-refractivity contribution in [3.8, 4) is 6.07 Å². The molecule has 1 fully saturated rings. The van der Waals surface area contributed by atoms with Gasteiger partial charge in [0.2, 0.25) is 5.91 Å². The summed E-state index contributed by atoms with van der Waals surface area (Å²) in [4.78, 5) is 15.8. The van der Waals surface area contributed by atoms with Crippen LogP contribution in [0.2, 0.25) is 0 Å². The molecule has 1 N–H and O–H groups in total. The van der Waals surface area contributed by atoms with Crippen molar-refractivity contribution in [2.45, 2.75) is 25.5 Å². The van der Waals surface area contributed by atoms with Crippen molar-refractivity contribution in [3.63, 3.8) is 0 Å². The number of rotatable bonds is 6. The van der Waals surface area contributed by atoms with Crippen molar-refractivity contribution >= 4 is 5.91 Å². The third-order valence-electron chi connectivity index (χ3n) is 3.30. The standard InChI is InChI=1S/C13H24N4O2/c1-11(13(18)17(3)6-4-5-14)15-9-12-10-16(2)7-8-19-12/h11-12,15H,4,6-10H2,1-3H3/t11-,12+/m0/s1. The van der Waals surface area contributed by atoms with Crippen LogP contribution in [0.25, 0.3) is 0 Å². The van der Waals surface area contributed by atoms with Crippen LogP contribution in [0.5, 0.6) is 0 Å². The molecule has 0 aliphatic carbocycles. The number of carbonyl (C=O) groups is 1. The van der Waals surface area contributed by atoms with Crippen molar-refractivity contribution in [2.75, 3.05) is 46.9 Å². The molecule has 0 aromatic carbocycles. The molecule has 1 amide bonds. The second-order valence-corrected chi connectivity index (χ2v) is 5.05. The number of nitrogens with zero attached hydrogens (tertiary/aromatic N) is 3. The average molecular weight is 268 g/mol. The first-order valence-corrected chi connectivity index (χ1v) is 6.70. The Morgan fingerprint density at radius 2 is 2.42 bits per heavy atom. The van der Waals surface area contributed by atoms with Gasteiger partial charge >= 0.3 is 0 Å². The van der Waals surface area contributed by atoms with Gasteiger partial charge in [-0.25, -0.2) is 0 Å². The second kappa shape index (κ2) is 8.10. The number of nitriles is 1. The number of nitrogens with one attached hydrogen (secondary N) is 1. The monoisotopic (exact) mass is 268 g/mol. The van der Waals surface area contributed by atoms with Crippen LogP contribution in [-0.2, 0) is 9.53 Å². The highest BCUT2D eigenvalue weighted by molar-refractivity contribution is 5.81. The zero-order valence-electron chi connectivity index (χ0n) is 12.1. The number of ether oxygens (including phenoxy) is 1. The summed E-state index contributed by atoms with van der Waals surface area (Å²) in [7, 11) is 3.79. The van der Waals surface area contributed by atoms with Gasteiger partial charge in [0, 0.05) is 33.2 Å². The van der Waals surface area contributed by atoms with Crippen molar-refractivity contribution in [2.24, 2.45) is 0 Å². The van der Waals surface area contributed by atoms with E-state index in [-0.39, 0.29) is 18.1 Å². The molecule has 0 bridgehead atoms. The van der Waals surface area contributed by atoms with Crippen molar-refractivity contribution in [3.05, 3.63) is 0 Å².